The molecule has 3 rings (SSSR count). The first kappa shape index (κ1) is 17.3. The lowest BCUT2D eigenvalue weighted by atomic mass is 10.1. The summed E-state index contributed by atoms with van der Waals surface area (Å²) in [6, 6.07) is 12.1. The number of nitrogens with two attached hydrogens (primary N) is 1. The van der Waals surface area contributed by atoms with Crippen molar-refractivity contribution in [2.24, 2.45) is 16.6 Å². The lowest BCUT2D eigenvalue weighted by molar-refractivity contribution is 0.296. The number of hydrogen-bond acceptors (Lipinski definition) is 3. The van der Waals surface area contributed by atoms with E-state index in [0.29, 0.717) is 19.0 Å². The fourth-order valence-corrected chi connectivity index (χ4v) is 2.51. The van der Waals surface area contributed by atoms with Gasteiger partial charge in [0.2, 0.25) is 0 Å². The Labute approximate surface area is 149 Å². The molecule has 0 aliphatic heterocycles. The average molecular weight is 338 g/mol. The molecule has 0 spiro atoms. The molecule has 2 aromatic rings. The van der Waals surface area contributed by atoms with Gasteiger partial charge in [0.05, 0.1) is 13.2 Å². The SMILES string of the molecule is Cc1ccc(CN=C(N)NCCc2ccccn2)c(OCC2CC2)c1. The molecule has 1 aliphatic carbocycles. The van der Waals surface area contributed by atoms with Crippen LogP contribution in [0.2, 0.25) is 0 Å². The number of hydrogen-bond donors (Lipinski definition) is 2. The van der Waals surface area contributed by atoms with Gasteiger partial charge in [-0.2, -0.15) is 0 Å². The van der Waals surface area contributed by atoms with Gasteiger partial charge in [0.25, 0.3) is 0 Å². The third-order valence-electron chi connectivity index (χ3n) is 4.23. The van der Waals surface area contributed by atoms with Crippen molar-refractivity contribution in [3.05, 3.63) is 59.4 Å². The first-order valence-corrected chi connectivity index (χ1v) is 8.87. The van der Waals surface area contributed by atoms with E-state index >= 15 is 0 Å². The van der Waals surface area contributed by atoms with Gasteiger partial charge in [-0.3, -0.25) is 4.98 Å². The zero-order valence-corrected chi connectivity index (χ0v) is 14.7. The Morgan fingerprint density at radius 3 is 2.96 bits per heavy atom. The normalized spacial score (nSPS) is 14.4. The van der Waals surface area contributed by atoms with E-state index in [9.17, 15) is 0 Å². The number of pyridine rings is 1. The molecule has 1 fully saturated rings. The van der Waals surface area contributed by atoms with Gasteiger partial charge in [-0.15, -0.1) is 0 Å². The molecule has 132 valence electrons. The van der Waals surface area contributed by atoms with E-state index in [1.54, 1.807) is 6.20 Å². The van der Waals surface area contributed by atoms with E-state index < -0.39 is 0 Å². The van der Waals surface area contributed by atoms with Gasteiger partial charge in [-0.05, 0) is 49.4 Å². The smallest absolute Gasteiger partial charge is 0.188 e. The molecule has 0 bridgehead atoms. The predicted octanol–water partition coefficient (Wildman–Crippen LogP) is 2.83. The topological polar surface area (TPSA) is 72.5 Å². The first-order chi connectivity index (χ1) is 12.2. The molecule has 0 radical (unpaired) electrons. The maximum atomic E-state index is 5.98. The molecule has 0 atom stereocenters. The van der Waals surface area contributed by atoms with E-state index in [4.69, 9.17) is 10.5 Å². The van der Waals surface area contributed by atoms with Crippen molar-refractivity contribution in [1.82, 2.24) is 10.3 Å². The minimum Gasteiger partial charge on any atom is -0.493 e. The number of rotatable bonds is 8. The van der Waals surface area contributed by atoms with Crippen LogP contribution in [0, 0.1) is 12.8 Å². The van der Waals surface area contributed by atoms with Gasteiger partial charge in [0, 0.05) is 30.4 Å². The maximum Gasteiger partial charge on any atom is 0.188 e. The number of nitrogens with zero attached hydrogens (tertiary/aromatic N) is 2. The molecular weight excluding hydrogens is 312 g/mol. The van der Waals surface area contributed by atoms with E-state index in [1.807, 2.05) is 18.2 Å². The molecule has 1 heterocycles. The quantitative estimate of drug-likeness (QED) is 0.573. The second-order valence-electron chi connectivity index (χ2n) is 6.56. The zero-order chi connectivity index (χ0) is 17.5. The second-order valence-corrected chi connectivity index (χ2v) is 6.56. The van der Waals surface area contributed by atoms with Crippen LogP contribution in [0.4, 0.5) is 0 Å². The van der Waals surface area contributed by atoms with Crippen molar-refractivity contribution in [2.45, 2.75) is 32.7 Å². The molecular formula is C20H26N4O. The molecule has 1 aromatic heterocycles. The lowest BCUT2D eigenvalue weighted by Gasteiger charge is -2.11. The van der Waals surface area contributed by atoms with Crippen LogP contribution in [0.3, 0.4) is 0 Å². The van der Waals surface area contributed by atoms with Crippen molar-refractivity contribution >= 4 is 5.96 Å². The predicted molar refractivity (Wildman–Crippen MR) is 101 cm³/mol. The first-order valence-electron chi connectivity index (χ1n) is 8.87. The van der Waals surface area contributed by atoms with Crippen molar-refractivity contribution in [3.8, 4) is 5.75 Å². The van der Waals surface area contributed by atoms with Crippen molar-refractivity contribution < 1.29 is 4.74 Å². The van der Waals surface area contributed by atoms with Crippen LogP contribution in [0.5, 0.6) is 5.75 Å². The van der Waals surface area contributed by atoms with E-state index in [1.165, 1.54) is 18.4 Å². The minimum atomic E-state index is 0.449. The number of aliphatic imine (C=N–C) groups is 1. The number of guanidine groups is 1. The number of nitrogens with one attached hydrogen (secondary N) is 1. The van der Waals surface area contributed by atoms with Crippen LogP contribution in [0.25, 0.3) is 0 Å². The Kier molecular flexibility index (Phi) is 5.88. The summed E-state index contributed by atoms with van der Waals surface area (Å²) in [4.78, 5) is 8.73. The number of ether oxygens (including phenoxy) is 1. The van der Waals surface area contributed by atoms with Crippen LogP contribution in [0.1, 0.15) is 29.7 Å². The van der Waals surface area contributed by atoms with Gasteiger partial charge in [0.1, 0.15) is 5.75 Å². The van der Waals surface area contributed by atoms with Gasteiger partial charge < -0.3 is 15.8 Å². The molecule has 3 N–H and O–H groups in total. The third-order valence-corrected chi connectivity index (χ3v) is 4.23. The second kappa shape index (κ2) is 8.51. The van der Waals surface area contributed by atoms with Crippen LogP contribution in [0.15, 0.2) is 47.6 Å². The van der Waals surface area contributed by atoms with Crippen molar-refractivity contribution in [1.29, 1.82) is 0 Å². The molecule has 1 saturated carbocycles. The van der Waals surface area contributed by atoms with E-state index in [2.05, 4.69) is 40.4 Å². The van der Waals surface area contributed by atoms with Crippen LogP contribution in [-0.4, -0.2) is 24.1 Å². The highest BCUT2D eigenvalue weighted by atomic mass is 16.5. The monoisotopic (exact) mass is 338 g/mol. The Balaban J connectivity index is 1.51. The fraction of sp³-hybridized carbons (Fsp3) is 0.400. The number of aromatic nitrogens is 1. The lowest BCUT2D eigenvalue weighted by Crippen LogP contribution is -2.33. The Bertz CT molecular complexity index is 711. The Hall–Kier alpha value is -2.56. The molecule has 0 amide bonds. The molecule has 0 saturated heterocycles. The van der Waals surface area contributed by atoms with Crippen molar-refractivity contribution in [2.75, 3.05) is 13.2 Å². The average Bonchev–Trinajstić information content (AvgIpc) is 3.44. The van der Waals surface area contributed by atoms with Crippen LogP contribution >= 0.6 is 0 Å². The summed E-state index contributed by atoms with van der Waals surface area (Å²) in [5.41, 5.74) is 9.28. The highest BCUT2D eigenvalue weighted by Crippen LogP contribution is 2.30. The highest BCUT2D eigenvalue weighted by molar-refractivity contribution is 5.77. The standard InChI is InChI=1S/C20H26N4O/c1-15-5-8-17(19(12-15)25-14-16-6-7-16)13-24-20(21)23-11-9-18-4-2-3-10-22-18/h2-5,8,10,12,16H,6-7,9,11,13-14H2,1H3,(H3,21,23,24). The van der Waals surface area contributed by atoms with Crippen LogP contribution < -0.4 is 15.8 Å². The summed E-state index contributed by atoms with van der Waals surface area (Å²) in [5.74, 6) is 2.11. The summed E-state index contributed by atoms with van der Waals surface area (Å²) < 4.78 is 5.97. The Morgan fingerprint density at radius 1 is 1.32 bits per heavy atom. The highest BCUT2D eigenvalue weighted by Gasteiger charge is 2.22. The van der Waals surface area contributed by atoms with Crippen LogP contribution in [-0.2, 0) is 13.0 Å². The molecule has 5 nitrogen and oxygen atoms in total. The van der Waals surface area contributed by atoms with Gasteiger partial charge in [-0.1, -0.05) is 18.2 Å². The zero-order valence-electron chi connectivity index (χ0n) is 14.7. The summed E-state index contributed by atoms with van der Waals surface area (Å²) in [7, 11) is 0. The summed E-state index contributed by atoms with van der Waals surface area (Å²) in [6.07, 6.45) is 5.18. The molecule has 5 heteroatoms. The van der Waals surface area contributed by atoms with Gasteiger partial charge in [-0.25, -0.2) is 4.99 Å². The third kappa shape index (κ3) is 5.78. The number of aryl methyl sites for hydroxylation is 1. The largest absolute Gasteiger partial charge is 0.493 e. The fourth-order valence-electron chi connectivity index (χ4n) is 2.51. The van der Waals surface area contributed by atoms with E-state index in [0.717, 1.165) is 36.0 Å². The summed E-state index contributed by atoms with van der Waals surface area (Å²) in [5, 5.41) is 3.14. The van der Waals surface area contributed by atoms with Gasteiger partial charge >= 0.3 is 0 Å². The molecule has 1 aromatic carbocycles. The van der Waals surface area contributed by atoms with Gasteiger partial charge in [0.15, 0.2) is 5.96 Å². The Morgan fingerprint density at radius 2 is 2.20 bits per heavy atom. The number of benzene rings is 1. The molecule has 1 aliphatic rings. The van der Waals surface area contributed by atoms with E-state index in [-0.39, 0.29) is 0 Å². The molecule has 25 heavy (non-hydrogen) atoms. The summed E-state index contributed by atoms with van der Waals surface area (Å²) >= 11 is 0. The summed E-state index contributed by atoms with van der Waals surface area (Å²) in [6.45, 7) is 4.11. The molecule has 0 unspecified atom stereocenters. The minimum absolute atomic E-state index is 0.449. The van der Waals surface area contributed by atoms with Crippen molar-refractivity contribution in [3.63, 3.8) is 0 Å². The maximum absolute atomic E-state index is 5.98.